The van der Waals surface area contributed by atoms with Crippen molar-refractivity contribution < 1.29 is 27.1 Å². The summed E-state index contributed by atoms with van der Waals surface area (Å²) in [6.07, 6.45) is -4.89. The third-order valence-electron chi connectivity index (χ3n) is 4.41. The maximum absolute atomic E-state index is 13.6. The van der Waals surface area contributed by atoms with Gasteiger partial charge < -0.3 is 10.5 Å². The Balaban J connectivity index is 1.71. The second kappa shape index (κ2) is 7.66. The smallest absolute Gasteiger partial charge is 0.371 e. The van der Waals surface area contributed by atoms with Gasteiger partial charge in [-0.25, -0.2) is 4.39 Å². The number of benzene rings is 2. The van der Waals surface area contributed by atoms with Crippen LogP contribution in [0.4, 0.5) is 17.6 Å². The van der Waals surface area contributed by atoms with E-state index < -0.39 is 23.5 Å². The van der Waals surface area contributed by atoms with E-state index in [1.165, 1.54) is 0 Å². The quantitative estimate of drug-likeness (QED) is 0.824. The Bertz CT molecular complexity index is 821. The number of alkyl halides is 3. The molecule has 1 fully saturated rings. The third-order valence-corrected chi connectivity index (χ3v) is 4.41. The number of nitrogens with zero attached hydrogens (tertiary/aromatic N) is 1. The fourth-order valence-electron chi connectivity index (χ4n) is 3.07. The number of hydrogen-bond donors (Lipinski definition) is 1. The van der Waals surface area contributed by atoms with Crippen LogP contribution in [0.25, 0.3) is 0 Å². The van der Waals surface area contributed by atoms with E-state index in [2.05, 4.69) is 0 Å². The van der Waals surface area contributed by atoms with Gasteiger partial charge in [0, 0.05) is 25.2 Å². The molecule has 1 heterocycles. The molecule has 2 aromatic rings. The molecule has 1 aliphatic rings. The summed E-state index contributed by atoms with van der Waals surface area (Å²) in [7, 11) is 0. The van der Waals surface area contributed by atoms with Crippen LogP contribution in [0.5, 0.6) is 0 Å². The molecule has 1 aliphatic heterocycles. The topological polar surface area (TPSA) is 55.6 Å². The summed E-state index contributed by atoms with van der Waals surface area (Å²) < 4.78 is 57.9. The van der Waals surface area contributed by atoms with Gasteiger partial charge in [0.1, 0.15) is 5.82 Å². The van der Waals surface area contributed by atoms with E-state index in [9.17, 15) is 22.4 Å². The zero-order valence-corrected chi connectivity index (χ0v) is 14.3. The molecule has 0 radical (unpaired) electrons. The van der Waals surface area contributed by atoms with Crippen molar-refractivity contribution in [1.29, 1.82) is 0 Å². The number of rotatable bonds is 4. The molecule has 8 heteroatoms. The molecule has 1 amide bonds. The number of ether oxygens (including phenoxy) is 1. The lowest BCUT2D eigenvalue weighted by molar-refractivity contribution is -0.137. The highest BCUT2D eigenvalue weighted by Gasteiger charge is 2.31. The van der Waals surface area contributed by atoms with Crippen LogP contribution in [-0.4, -0.2) is 30.5 Å². The zero-order valence-electron chi connectivity index (χ0n) is 14.3. The van der Waals surface area contributed by atoms with Crippen LogP contribution in [-0.2, 0) is 17.5 Å². The van der Waals surface area contributed by atoms with Gasteiger partial charge in [-0.15, -0.1) is 0 Å². The summed E-state index contributed by atoms with van der Waals surface area (Å²) in [4.78, 5) is 13.0. The summed E-state index contributed by atoms with van der Waals surface area (Å²) in [6.45, 7) is 1.53. The molecule has 1 saturated heterocycles. The fraction of sp³-hybridized carbons (Fsp3) is 0.316. The summed E-state index contributed by atoms with van der Waals surface area (Å²) in [6, 6.07) is 9.24. The molecular weight excluding hydrogens is 364 g/mol. The van der Waals surface area contributed by atoms with Crippen LogP contribution in [0.1, 0.15) is 33.2 Å². The van der Waals surface area contributed by atoms with Gasteiger partial charge in [-0.05, 0) is 41.5 Å². The normalized spacial score (nSPS) is 18.4. The minimum Gasteiger partial charge on any atom is -0.371 e. The maximum Gasteiger partial charge on any atom is 0.416 e. The minimum absolute atomic E-state index is 0.181. The third kappa shape index (κ3) is 4.84. The molecule has 144 valence electrons. The molecule has 1 unspecified atom stereocenters. The average Bonchev–Trinajstić information content (AvgIpc) is 2.61. The fourth-order valence-corrected chi connectivity index (χ4v) is 3.07. The maximum atomic E-state index is 13.6. The first kappa shape index (κ1) is 19.3. The largest absolute Gasteiger partial charge is 0.416 e. The van der Waals surface area contributed by atoms with Gasteiger partial charge >= 0.3 is 6.18 Å². The Kier molecular flexibility index (Phi) is 5.48. The van der Waals surface area contributed by atoms with E-state index in [0.29, 0.717) is 31.3 Å². The first-order valence-corrected chi connectivity index (χ1v) is 8.33. The second-order valence-electron chi connectivity index (χ2n) is 6.43. The van der Waals surface area contributed by atoms with Gasteiger partial charge in [0.25, 0.3) is 0 Å². The van der Waals surface area contributed by atoms with Gasteiger partial charge in [-0.1, -0.05) is 12.1 Å². The summed E-state index contributed by atoms with van der Waals surface area (Å²) in [5, 5.41) is 0. The lowest BCUT2D eigenvalue weighted by atomic mass is 10.0. The highest BCUT2D eigenvalue weighted by Crippen LogP contribution is 2.31. The van der Waals surface area contributed by atoms with Crippen LogP contribution in [0, 0.1) is 5.82 Å². The van der Waals surface area contributed by atoms with Crippen LogP contribution in [0.3, 0.4) is 0 Å². The van der Waals surface area contributed by atoms with Crippen molar-refractivity contribution in [3.63, 3.8) is 0 Å². The zero-order chi connectivity index (χ0) is 19.6. The molecule has 2 aromatic carbocycles. The lowest BCUT2D eigenvalue weighted by Gasteiger charge is -2.33. The predicted octanol–water partition coefficient (Wildman–Crippen LogP) is 3.52. The lowest BCUT2D eigenvalue weighted by Crippen LogP contribution is -2.37. The molecule has 0 spiro atoms. The van der Waals surface area contributed by atoms with Crippen LogP contribution in [0.15, 0.2) is 42.5 Å². The highest BCUT2D eigenvalue weighted by atomic mass is 19.4. The van der Waals surface area contributed by atoms with Crippen molar-refractivity contribution >= 4 is 5.91 Å². The van der Waals surface area contributed by atoms with E-state index >= 15 is 0 Å². The van der Waals surface area contributed by atoms with Crippen molar-refractivity contribution in [3.8, 4) is 0 Å². The first-order valence-electron chi connectivity index (χ1n) is 8.33. The second-order valence-corrected chi connectivity index (χ2v) is 6.43. The number of halogens is 4. The molecule has 27 heavy (non-hydrogen) atoms. The van der Waals surface area contributed by atoms with Gasteiger partial charge in [-0.3, -0.25) is 9.69 Å². The van der Waals surface area contributed by atoms with Crippen LogP contribution in [0.2, 0.25) is 0 Å². The summed E-state index contributed by atoms with van der Waals surface area (Å²) >= 11 is 0. The number of amides is 1. The van der Waals surface area contributed by atoms with Crippen LogP contribution >= 0.6 is 0 Å². The Labute approximate surface area is 153 Å². The molecule has 0 saturated carbocycles. The number of hydrogen-bond acceptors (Lipinski definition) is 3. The number of morpholine rings is 1. The van der Waals surface area contributed by atoms with Crippen molar-refractivity contribution in [3.05, 3.63) is 70.5 Å². The van der Waals surface area contributed by atoms with Crippen molar-refractivity contribution in [2.24, 2.45) is 5.73 Å². The molecular formula is C19H18F4N2O2. The molecule has 4 nitrogen and oxygen atoms in total. The standard InChI is InChI=1S/C19H18F4N2O2/c20-16-8-12(7-15(9-16)19(21,22)23)10-25-5-6-27-17(11-25)13-1-3-14(4-2-13)18(24)26/h1-4,7-9,17H,5-6,10-11H2,(H2,24,26). The number of carbonyl (C=O) groups excluding carboxylic acids is 1. The SMILES string of the molecule is NC(=O)c1ccc(C2CN(Cc3cc(F)cc(C(F)(F)F)c3)CCO2)cc1. The summed E-state index contributed by atoms with van der Waals surface area (Å²) in [5.74, 6) is -1.44. The predicted molar refractivity (Wildman–Crippen MR) is 90.3 cm³/mol. The summed E-state index contributed by atoms with van der Waals surface area (Å²) in [5.41, 5.74) is 5.69. The molecule has 0 bridgehead atoms. The Morgan fingerprint density at radius 1 is 1.19 bits per heavy atom. The Morgan fingerprint density at radius 3 is 2.52 bits per heavy atom. The number of primary amides is 1. The average molecular weight is 382 g/mol. The Hall–Kier alpha value is -2.45. The molecule has 3 rings (SSSR count). The minimum atomic E-state index is -4.59. The Morgan fingerprint density at radius 2 is 1.89 bits per heavy atom. The van der Waals surface area contributed by atoms with E-state index in [1.807, 2.05) is 4.90 Å². The van der Waals surface area contributed by atoms with Crippen LogP contribution < -0.4 is 5.73 Å². The van der Waals surface area contributed by atoms with Crippen molar-refractivity contribution in [2.45, 2.75) is 18.8 Å². The molecule has 2 N–H and O–H groups in total. The molecule has 0 aromatic heterocycles. The monoisotopic (exact) mass is 382 g/mol. The van der Waals surface area contributed by atoms with E-state index in [0.717, 1.165) is 17.7 Å². The molecule has 1 atom stereocenters. The van der Waals surface area contributed by atoms with E-state index in [-0.39, 0.29) is 18.2 Å². The van der Waals surface area contributed by atoms with E-state index in [4.69, 9.17) is 10.5 Å². The molecule has 0 aliphatic carbocycles. The number of carbonyl (C=O) groups is 1. The van der Waals surface area contributed by atoms with Crippen molar-refractivity contribution in [1.82, 2.24) is 4.90 Å². The van der Waals surface area contributed by atoms with E-state index in [1.54, 1.807) is 24.3 Å². The highest BCUT2D eigenvalue weighted by molar-refractivity contribution is 5.92. The number of nitrogens with two attached hydrogens (primary N) is 1. The van der Waals surface area contributed by atoms with Gasteiger partial charge in [0.05, 0.1) is 18.3 Å². The van der Waals surface area contributed by atoms with Gasteiger partial charge in [0.15, 0.2) is 0 Å². The first-order chi connectivity index (χ1) is 12.7. The van der Waals surface area contributed by atoms with Crippen molar-refractivity contribution in [2.75, 3.05) is 19.7 Å². The van der Waals surface area contributed by atoms with Gasteiger partial charge in [0.2, 0.25) is 5.91 Å². The van der Waals surface area contributed by atoms with Gasteiger partial charge in [-0.2, -0.15) is 13.2 Å².